The van der Waals surface area contributed by atoms with Gasteiger partial charge in [-0.15, -0.1) is 0 Å². The van der Waals surface area contributed by atoms with E-state index in [2.05, 4.69) is 25.7 Å². The maximum absolute atomic E-state index is 12.6. The Morgan fingerprint density at radius 1 is 1.69 bits per heavy atom. The Morgan fingerprint density at radius 2 is 2.31 bits per heavy atom. The normalized spacial score (nSPS) is 10.6. The number of esters is 1. The number of carbonyl (C=O) groups excluding carboxylic acids is 1. The van der Waals surface area contributed by atoms with Crippen LogP contribution in [0.1, 0.15) is 28.2 Å². The Morgan fingerprint density at radius 3 is 2.75 bits per heavy atom. The van der Waals surface area contributed by atoms with E-state index in [0.717, 1.165) is 13.2 Å². The zero-order chi connectivity index (χ0) is 12.3. The van der Waals surface area contributed by atoms with Crippen molar-refractivity contribution in [2.45, 2.75) is 11.8 Å². The Balaban J connectivity index is 3.34. The number of carbonyl (C=O) groups is 1. The van der Waals surface area contributed by atoms with Crippen molar-refractivity contribution in [2.24, 2.45) is 0 Å². The molecule has 7 heteroatoms. The molecule has 0 aliphatic heterocycles. The minimum Gasteiger partial charge on any atom is -0.464 e. The molecule has 0 aromatic carbocycles. The van der Waals surface area contributed by atoms with E-state index >= 15 is 0 Å². The van der Waals surface area contributed by atoms with Crippen LogP contribution in [0.15, 0.2) is 6.07 Å². The summed E-state index contributed by atoms with van der Waals surface area (Å²) in [5.41, 5.74) is -0.428. The SMILES string of the molecule is COC(=O)c1cc(C(F)F)c(Cl)c(CBr)n1. The topological polar surface area (TPSA) is 39.2 Å². The Labute approximate surface area is 104 Å². The van der Waals surface area contributed by atoms with Crippen molar-refractivity contribution in [3.63, 3.8) is 0 Å². The highest BCUT2D eigenvalue weighted by atomic mass is 79.9. The number of rotatable bonds is 3. The summed E-state index contributed by atoms with van der Waals surface area (Å²) in [5, 5.41) is 0.0376. The minimum absolute atomic E-state index is 0.139. The summed E-state index contributed by atoms with van der Waals surface area (Å²) >= 11 is 8.75. The van der Waals surface area contributed by atoms with Gasteiger partial charge in [0.1, 0.15) is 5.69 Å². The van der Waals surface area contributed by atoms with Crippen LogP contribution in [-0.2, 0) is 10.1 Å². The molecule has 0 aliphatic carbocycles. The number of halogens is 4. The van der Waals surface area contributed by atoms with Gasteiger partial charge in [-0.05, 0) is 6.07 Å². The number of hydrogen-bond acceptors (Lipinski definition) is 3. The fourth-order valence-electron chi connectivity index (χ4n) is 1.06. The number of nitrogens with zero attached hydrogens (tertiary/aromatic N) is 1. The van der Waals surface area contributed by atoms with Crippen molar-refractivity contribution >= 4 is 33.5 Å². The summed E-state index contributed by atoms with van der Waals surface area (Å²) in [5.74, 6) is -0.777. The first-order valence-electron chi connectivity index (χ1n) is 4.13. The summed E-state index contributed by atoms with van der Waals surface area (Å²) in [6.07, 6.45) is -2.77. The van der Waals surface area contributed by atoms with Gasteiger partial charge in [-0.25, -0.2) is 18.6 Å². The van der Waals surface area contributed by atoms with Crippen molar-refractivity contribution in [1.29, 1.82) is 0 Å². The zero-order valence-electron chi connectivity index (χ0n) is 8.14. The van der Waals surface area contributed by atoms with E-state index in [0.29, 0.717) is 0 Å². The van der Waals surface area contributed by atoms with Crippen LogP contribution in [0.5, 0.6) is 0 Å². The lowest BCUT2D eigenvalue weighted by atomic mass is 10.2. The number of methoxy groups -OCH3 is 1. The van der Waals surface area contributed by atoms with E-state index in [9.17, 15) is 13.6 Å². The molecule has 88 valence electrons. The van der Waals surface area contributed by atoms with Gasteiger partial charge in [0.25, 0.3) is 6.43 Å². The van der Waals surface area contributed by atoms with Gasteiger partial charge in [0.15, 0.2) is 0 Å². The molecule has 0 spiro atoms. The monoisotopic (exact) mass is 313 g/mol. The summed E-state index contributed by atoms with van der Waals surface area (Å²) in [7, 11) is 1.15. The van der Waals surface area contributed by atoms with Crippen LogP contribution in [-0.4, -0.2) is 18.1 Å². The fourth-order valence-corrected chi connectivity index (χ4v) is 1.87. The van der Waals surface area contributed by atoms with E-state index < -0.39 is 18.0 Å². The molecule has 1 rings (SSSR count). The average molecular weight is 315 g/mol. The first-order valence-corrected chi connectivity index (χ1v) is 5.63. The van der Waals surface area contributed by atoms with Crippen molar-refractivity contribution in [2.75, 3.05) is 7.11 Å². The number of aromatic nitrogens is 1. The second-order valence-corrected chi connectivity index (χ2v) is 3.72. The van der Waals surface area contributed by atoms with Gasteiger partial charge in [-0.2, -0.15) is 0 Å². The van der Waals surface area contributed by atoms with Crippen LogP contribution in [0.4, 0.5) is 8.78 Å². The Hall–Kier alpha value is -0.750. The molecule has 16 heavy (non-hydrogen) atoms. The van der Waals surface area contributed by atoms with E-state index in [1.807, 2.05) is 0 Å². The van der Waals surface area contributed by atoms with Crippen LogP contribution in [0.2, 0.25) is 5.02 Å². The molecule has 0 saturated heterocycles. The van der Waals surface area contributed by atoms with Crippen LogP contribution in [0, 0.1) is 0 Å². The third-order valence-corrected chi connectivity index (χ3v) is 2.78. The van der Waals surface area contributed by atoms with Crippen molar-refractivity contribution in [1.82, 2.24) is 4.98 Å². The lowest BCUT2D eigenvalue weighted by Crippen LogP contribution is -2.08. The van der Waals surface area contributed by atoms with Gasteiger partial charge >= 0.3 is 5.97 Å². The molecule has 0 unspecified atom stereocenters. The fraction of sp³-hybridized carbons (Fsp3) is 0.333. The third-order valence-electron chi connectivity index (χ3n) is 1.81. The standard InChI is InChI=1S/C9H7BrClF2NO2/c1-16-9(15)5-2-4(8(12)13)7(11)6(3-10)14-5/h2,8H,3H2,1H3. The highest BCUT2D eigenvalue weighted by molar-refractivity contribution is 9.08. The van der Waals surface area contributed by atoms with Gasteiger partial charge in [-0.3, -0.25) is 0 Å². The largest absolute Gasteiger partial charge is 0.464 e. The third kappa shape index (κ3) is 2.68. The highest BCUT2D eigenvalue weighted by Gasteiger charge is 2.20. The van der Waals surface area contributed by atoms with Gasteiger partial charge < -0.3 is 4.74 Å². The molecule has 0 fully saturated rings. The number of alkyl halides is 3. The maximum Gasteiger partial charge on any atom is 0.356 e. The molecular weight excluding hydrogens is 307 g/mol. The van der Waals surface area contributed by atoms with Crippen LogP contribution in [0.25, 0.3) is 0 Å². The predicted octanol–water partition coefficient (Wildman–Crippen LogP) is 3.35. The molecule has 0 amide bonds. The lowest BCUT2D eigenvalue weighted by molar-refractivity contribution is 0.0593. The Bertz CT molecular complexity index is 415. The lowest BCUT2D eigenvalue weighted by Gasteiger charge is -2.08. The summed E-state index contributed by atoms with van der Waals surface area (Å²) in [6.45, 7) is 0. The summed E-state index contributed by atoms with van der Waals surface area (Å²) in [4.78, 5) is 15.0. The molecule has 1 aromatic heterocycles. The first-order chi connectivity index (χ1) is 7.51. The second kappa shape index (κ2) is 5.54. The van der Waals surface area contributed by atoms with E-state index in [4.69, 9.17) is 11.6 Å². The predicted molar refractivity (Wildman–Crippen MR) is 58.2 cm³/mol. The molecule has 0 radical (unpaired) electrons. The van der Waals surface area contributed by atoms with Gasteiger partial charge in [0.05, 0.1) is 17.8 Å². The average Bonchev–Trinajstić information content (AvgIpc) is 2.27. The van der Waals surface area contributed by atoms with Crippen LogP contribution >= 0.6 is 27.5 Å². The van der Waals surface area contributed by atoms with E-state index in [1.165, 1.54) is 0 Å². The first kappa shape index (κ1) is 13.3. The highest BCUT2D eigenvalue weighted by Crippen LogP contribution is 2.30. The molecule has 0 saturated carbocycles. The molecule has 0 aliphatic rings. The van der Waals surface area contributed by atoms with E-state index in [1.54, 1.807) is 0 Å². The minimum atomic E-state index is -2.77. The number of hydrogen-bond donors (Lipinski definition) is 0. The van der Waals surface area contributed by atoms with Gasteiger partial charge in [0.2, 0.25) is 0 Å². The second-order valence-electron chi connectivity index (χ2n) is 2.78. The molecule has 0 bridgehead atoms. The van der Waals surface area contributed by atoms with E-state index in [-0.39, 0.29) is 21.7 Å². The number of pyridine rings is 1. The summed E-state index contributed by atoms with van der Waals surface area (Å²) < 4.78 is 29.6. The van der Waals surface area contributed by atoms with Crippen molar-refractivity contribution in [3.05, 3.63) is 28.0 Å². The summed E-state index contributed by atoms with van der Waals surface area (Å²) in [6, 6.07) is 0.936. The zero-order valence-corrected chi connectivity index (χ0v) is 10.5. The van der Waals surface area contributed by atoms with Crippen LogP contribution in [0.3, 0.4) is 0 Å². The Kier molecular flexibility index (Phi) is 4.61. The smallest absolute Gasteiger partial charge is 0.356 e. The van der Waals surface area contributed by atoms with Gasteiger partial charge in [-0.1, -0.05) is 27.5 Å². The maximum atomic E-state index is 12.6. The quantitative estimate of drug-likeness (QED) is 0.634. The molecule has 1 aromatic rings. The van der Waals surface area contributed by atoms with Crippen molar-refractivity contribution in [3.8, 4) is 0 Å². The molecule has 3 nitrogen and oxygen atoms in total. The molecule has 0 N–H and O–H groups in total. The number of ether oxygens (including phenoxy) is 1. The molecular formula is C9H7BrClF2NO2. The van der Waals surface area contributed by atoms with Crippen LogP contribution < -0.4 is 0 Å². The van der Waals surface area contributed by atoms with Crippen molar-refractivity contribution < 1.29 is 18.3 Å². The molecule has 0 atom stereocenters. The molecule has 1 heterocycles. The van der Waals surface area contributed by atoms with Gasteiger partial charge in [0, 0.05) is 10.9 Å².